The van der Waals surface area contributed by atoms with Crippen molar-refractivity contribution in [3.63, 3.8) is 0 Å². The van der Waals surface area contributed by atoms with Crippen LogP contribution in [0.3, 0.4) is 0 Å². The molecule has 1 aliphatic heterocycles. The molecule has 1 aromatic rings. The molecule has 1 saturated heterocycles. The Kier molecular flexibility index (Phi) is 4.42. The van der Waals surface area contributed by atoms with E-state index in [-0.39, 0.29) is 4.90 Å². The van der Waals surface area contributed by atoms with Crippen LogP contribution < -0.4 is 5.32 Å². The van der Waals surface area contributed by atoms with Crippen LogP contribution in [0.25, 0.3) is 0 Å². The third-order valence-corrected chi connectivity index (χ3v) is 5.28. The molecule has 0 aliphatic carbocycles. The zero-order valence-corrected chi connectivity index (χ0v) is 12.3. The lowest BCUT2D eigenvalue weighted by molar-refractivity contribution is 0.281. The van der Waals surface area contributed by atoms with E-state index >= 15 is 0 Å². The number of aromatic nitrogens is 1. The summed E-state index contributed by atoms with van der Waals surface area (Å²) in [4.78, 5) is 4.25. The Hall–Kier alpha value is -1.14. The lowest BCUT2D eigenvalue weighted by Gasteiger charge is -2.30. The van der Waals surface area contributed by atoms with Gasteiger partial charge in [0.05, 0.1) is 5.69 Å². The molecule has 5 nitrogen and oxygen atoms in total. The van der Waals surface area contributed by atoms with E-state index in [0.717, 1.165) is 12.8 Å². The van der Waals surface area contributed by atoms with Crippen molar-refractivity contribution in [2.24, 2.45) is 5.92 Å². The van der Waals surface area contributed by atoms with Gasteiger partial charge in [-0.3, -0.25) is 4.98 Å². The first-order chi connectivity index (χ1) is 9.05. The van der Waals surface area contributed by atoms with Crippen LogP contribution in [0.4, 0.5) is 5.69 Å². The third-order valence-electron chi connectivity index (χ3n) is 3.39. The first kappa shape index (κ1) is 14.3. The largest absolute Gasteiger partial charge is 0.384 e. The Morgan fingerprint density at radius 2 is 2.32 bits per heavy atom. The predicted molar refractivity (Wildman–Crippen MR) is 75.6 cm³/mol. The second-order valence-electron chi connectivity index (χ2n) is 5.01. The minimum absolute atomic E-state index is 0.283. The van der Waals surface area contributed by atoms with E-state index in [1.165, 1.54) is 6.20 Å². The summed E-state index contributed by atoms with van der Waals surface area (Å²) in [5.41, 5.74) is 0.635. The van der Waals surface area contributed by atoms with E-state index in [0.29, 0.717) is 31.2 Å². The van der Waals surface area contributed by atoms with E-state index in [2.05, 4.69) is 17.2 Å². The Morgan fingerprint density at radius 1 is 1.53 bits per heavy atom. The molecule has 1 unspecified atom stereocenters. The Balaban J connectivity index is 2.33. The topological polar surface area (TPSA) is 62.3 Å². The maximum absolute atomic E-state index is 12.7. The molecule has 0 spiro atoms. The van der Waals surface area contributed by atoms with Crippen LogP contribution >= 0.6 is 0 Å². The molecular weight excluding hydrogens is 262 g/mol. The van der Waals surface area contributed by atoms with Crippen molar-refractivity contribution in [2.75, 3.05) is 25.0 Å². The van der Waals surface area contributed by atoms with Crippen molar-refractivity contribution in [3.8, 4) is 0 Å². The molecule has 6 heteroatoms. The number of nitrogens with one attached hydrogen (secondary N) is 1. The summed E-state index contributed by atoms with van der Waals surface area (Å²) in [5, 5.41) is 3.09. The third kappa shape index (κ3) is 3.06. The second-order valence-corrected chi connectivity index (χ2v) is 6.92. The molecule has 0 bridgehead atoms. The molecule has 0 saturated carbocycles. The van der Waals surface area contributed by atoms with Crippen LogP contribution in [-0.4, -0.2) is 37.3 Å². The van der Waals surface area contributed by atoms with Gasteiger partial charge in [-0.2, -0.15) is 4.31 Å². The Labute approximate surface area is 115 Å². The van der Waals surface area contributed by atoms with Crippen molar-refractivity contribution in [1.29, 1.82) is 0 Å². The monoisotopic (exact) mass is 283 g/mol. The Bertz CT molecular complexity index is 530. The van der Waals surface area contributed by atoms with Gasteiger partial charge in [0.15, 0.2) is 0 Å². The minimum atomic E-state index is -3.44. The van der Waals surface area contributed by atoms with Gasteiger partial charge in [-0.05, 0) is 31.7 Å². The van der Waals surface area contributed by atoms with Gasteiger partial charge in [-0.15, -0.1) is 0 Å². The van der Waals surface area contributed by atoms with Crippen LogP contribution in [0.15, 0.2) is 23.4 Å². The van der Waals surface area contributed by atoms with Crippen molar-refractivity contribution in [3.05, 3.63) is 18.5 Å². The zero-order chi connectivity index (χ0) is 13.9. The zero-order valence-electron chi connectivity index (χ0n) is 11.5. The summed E-state index contributed by atoms with van der Waals surface area (Å²) in [5.74, 6) is 0.419. The molecule has 19 heavy (non-hydrogen) atoms. The van der Waals surface area contributed by atoms with E-state index < -0.39 is 10.0 Å². The van der Waals surface area contributed by atoms with Gasteiger partial charge in [0, 0.05) is 32.0 Å². The normalized spacial score (nSPS) is 21.3. The first-order valence-electron chi connectivity index (χ1n) is 6.73. The molecule has 1 aromatic heterocycles. The van der Waals surface area contributed by atoms with Gasteiger partial charge in [0.25, 0.3) is 0 Å². The number of nitrogens with zero attached hydrogens (tertiary/aromatic N) is 2. The average molecular weight is 283 g/mol. The summed E-state index contributed by atoms with van der Waals surface area (Å²) in [6, 6.07) is 1.71. The molecule has 1 aliphatic rings. The Morgan fingerprint density at radius 3 is 3.00 bits per heavy atom. The van der Waals surface area contributed by atoms with Crippen molar-refractivity contribution >= 4 is 15.7 Å². The smallest absolute Gasteiger partial charge is 0.246 e. The molecule has 0 radical (unpaired) electrons. The maximum Gasteiger partial charge on any atom is 0.246 e. The second kappa shape index (κ2) is 5.88. The highest BCUT2D eigenvalue weighted by Crippen LogP contribution is 2.27. The predicted octanol–water partition coefficient (Wildman–Crippen LogP) is 1.93. The lowest BCUT2D eigenvalue weighted by Crippen LogP contribution is -2.39. The van der Waals surface area contributed by atoms with Crippen LogP contribution in [0.1, 0.15) is 26.7 Å². The summed E-state index contributed by atoms with van der Waals surface area (Å²) in [6.07, 6.45) is 5.07. The minimum Gasteiger partial charge on any atom is -0.384 e. The van der Waals surface area contributed by atoms with Crippen molar-refractivity contribution < 1.29 is 8.42 Å². The molecule has 106 valence electrons. The maximum atomic E-state index is 12.7. The van der Waals surface area contributed by atoms with Crippen molar-refractivity contribution in [2.45, 2.75) is 31.6 Å². The number of hydrogen-bond donors (Lipinski definition) is 1. The standard InChI is InChI=1S/C13H21N3O2S/c1-3-15-12-6-7-14-9-13(12)19(17,18)16-8-4-5-11(2)10-16/h6-7,9,11H,3-5,8,10H2,1-2H3,(H,14,15). The number of hydrogen-bond acceptors (Lipinski definition) is 4. The number of piperidine rings is 1. The summed E-state index contributed by atoms with van der Waals surface area (Å²) < 4.78 is 26.9. The highest BCUT2D eigenvalue weighted by Gasteiger charge is 2.30. The van der Waals surface area contributed by atoms with E-state index in [4.69, 9.17) is 0 Å². The average Bonchev–Trinajstić information content (AvgIpc) is 2.39. The van der Waals surface area contributed by atoms with Gasteiger partial charge < -0.3 is 5.32 Å². The molecule has 0 aromatic carbocycles. The fourth-order valence-corrected chi connectivity index (χ4v) is 4.14. The molecular formula is C13H21N3O2S. The molecule has 1 N–H and O–H groups in total. The van der Waals surface area contributed by atoms with Gasteiger partial charge in [-0.25, -0.2) is 8.42 Å². The van der Waals surface area contributed by atoms with Gasteiger partial charge in [0.2, 0.25) is 10.0 Å². The molecule has 1 fully saturated rings. The van der Waals surface area contributed by atoms with Crippen LogP contribution in [0.2, 0.25) is 0 Å². The summed E-state index contributed by atoms with van der Waals surface area (Å²) >= 11 is 0. The highest BCUT2D eigenvalue weighted by molar-refractivity contribution is 7.89. The quantitative estimate of drug-likeness (QED) is 0.917. The lowest BCUT2D eigenvalue weighted by atomic mass is 10.0. The fraction of sp³-hybridized carbons (Fsp3) is 0.615. The molecule has 2 rings (SSSR count). The number of anilines is 1. The number of rotatable bonds is 4. The molecule has 2 heterocycles. The SMILES string of the molecule is CCNc1ccncc1S(=O)(=O)N1CCCC(C)C1. The molecule has 1 atom stereocenters. The van der Waals surface area contributed by atoms with E-state index in [1.807, 2.05) is 6.92 Å². The van der Waals surface area contributed by atoms with Gasteiger partial charge >= 0.3 is 0 Å². The van der Waals surface area contributed by atoms with Crippen LogP contribution in [-0.2, 0) is 10.0 Å². The van der Waals surface area contributed by atoms with Crippen LogP contribution in [0.5, 0.6) is 0 Å². The van der Waals surface area contributed by atoms with E-state index in [9.17, 15) is 8.42 Å². The summed E-state index contributed by atoms with van der Waals surface area (Å²) in [6.45, 7) is 5.93. The highest BCUT2D eigenvalue weighted by atomic mass is 32.2. The van der Waals surface area contributed by atoms with Gasteiger partial charge in [0.1, 0.15) is 4.90 Å². The molecule has 0 amide bonds. The fourth-order valence-electron chi connectivity index (χ4n) is 2.43. The number of pyridine rings is 1. The van der Waals surface area contributed by atoms with Crippen molar-refractivity contribution in [1.82, 2.24) is 9.29 Å². The summed E-state index contributed by atoms with van der Waals surface area (Å²) in [7, 11) is -3.44. The number of sulfonamides is 1. The first-order valence-corrected chi connectivity index (χ1v) is 8.17. The van der Waals surface area contributed by atoms with E-state index in [1.54, 1.807) is 16.6 Å². The van der Waals surface area contributed by atoms with Gasteiger partial charge in [-0.1, -0.05) is 6.92 Å². The van der Waals surface area contributed by atoms with Crippen LogP contribution in [0, 0.1) is 5.92 Å².